The number of amides is 2. The third-order valence-corrected chi connectivity index (χ3v) is 3.83. The second-order valence-electron chi connectivity index (χ2n) is 5.85. The first-order chi connectivity index (χ1) is 13.9. The molecule has 0 aliphatic rings. The second kappa shape index (κ2) is 10.9. The van der Waals surface area contributed by atoms with Gasteiger partial charge >= 0.3 is 0 Å². The maximum absolute atomic E-state index is 12.4. The maximum atomic E-state index is 12.4. The largest absolute Gasteiger partial charge is 0.493 e. The van der Waals surface area contributed by atoms with Gasteiger partial charge in [-0.1, -0.05) is 18.5 Å². The molecule has 2 rings (SSSR count). The molecule has 9 heteroatoms. The SMILES string of the molecule is CCCOc1ccc(C(=O)N/N=C/c2cc(Cl)ccc2OCC(N)=O)cc1OC. The normalized spacial score (nSPS) is 10.6. The molecule has 2 amide bonds. The van der Waals surface area contributed by atoms with E-state index in [-0.39, 0.29) is 6.61 Å². The van der Waals surface area contributed by atoms with Crippen LogP contribution in [-0.4, -0.2) is 38.4 Å². The van der Waals surface area contributed by atoms with E-state index in [0.717, 1.165) is 6.42 Å². The van der Waals surface area contributed by atoms with Crippen LogP contribution in [0.1, 0.15) is 29.3 Å². The lowest BCUT2D eigenvalue weighted by Crippen LogP contribution is -2.20. The van der Waals surface area contributed by atoms with Crippen molar-refractivity contribution in [3.05, 3.63) is 52.5 Å². The number of nitrogens with zero attached hydrogens (tertiary/aromatic N) is 1. The summed E-state index contributed by atoms with van der Waals surface area (Å²) in [7, 11) is 1.50. The van der Waals surface area contributed by atoms with Crippen LogP contribution in [0, 0.1) is 0 Å². The Kier molecular flexibility index (Phi) is 8.29. The monoisotopic (exact) mass is 419 g/mol. The van der Waals surface area contributed by atoms with Crippen molar-refractivity contribution in [1.82, 2.24) is 5.43 Å². The van der Waals surface area contributed by atoms with Crippen molar-refractivity contribution < 1.29 is 23.8 Å². The van der Waals surface area contributed by atoms with Crippen molar-refractivity contribution in [2.24, 2.45) is 10.8 Å². The molecule has 0 fully saturated rings. The van der Waals surface area contributed by atoms with Crippen molar-refractivity contribution >= 4 is 29.6 Å². The van der Waals surface area contributed by atoms with Gasteiger partial charge in [-0.3, -0.25) is 9.59 Å². The van der Waals surface area contributed by atoms with Gasteiger partial charge in [0.05, 0.1) is 19.9 Å². The van der Waals surface area contributed by atoms with Crippen LogP contribution < -0.4 is 25.4 Å². The summed E-state index contributed by atoms with van der Waals surface area (Å²) in [6.45, 7) is 2.25. The van der Waals surface area contributed by atoms with Gasteiger partial charge in [-0.05, 0) is 42.8 Å². The molecule has 0 aliphatic carbocycles. The van der Waals surface area contributed by atoms with Gasteiger partial charge in [0.2, 0.25) is 0 Å². The summed E-state index contributed by atoms with van der Waals surface area (Å²) in [5.41, 5.74) is 8.32. The highest BCUT2D eigenvalue weighted by atomic mass is 35.5. The van der Waals surface area contributed by atoms with E-state index >= 15 is 0 Å². The lowest BCUT2D eigenvalue weighted by Gasteiger charge is -2.11. The molecule has 3 N–H and O–H groups in total. The average molecular weight is 420 g/mol. The predicted molar refractivity (Wildman–Crippen MR) is 110 cm³/mol. The number of benzene rings is 2. The number of nitrogens with two attached hydrogens (primary N) is 1. The number of hydrogen-bond donors (Lipinski definition) is 2. The number of hydrazone groups is 1. The van der Waals surface area contributed by atoms with E-state index in [1.165, 1.54) is 13.3 Å². The summed E-state index contributed by atoms with van der Waals surface area (Å²) in [5, 5.41) is 4.36. The zero-order valence-corrected chi connectivity index (χ0v) is 16.9. The fourth-order valence-corrected chi connectivity index (χ4v) is 2.45. The number of ether oxygens (including phenoxy) is 3. The van der Waals surface area contributed by atoms with Gasteiger partial charge in [-0.25, -0.2) is 5.43 Å². The van der Waals surface area contributed by atoms with Crippen LogP contribution in [0.25, 0.3) is 0 Å². The molecule has 2 aromatic rings. The number of methoxy groups -OCH3 is 1. The molecule has 2 aromatic carbocycles. The topological polar surface area (TPSA) is 112 Å². The van der Waals surface area contributed by atoms with Gasteiger partial charge in [0.1, 0.15) is 5.75 Å². The number of primary amides is 1. The van der Waals surface area contributed by atoms with Crippen molar-refractivity contribution in [2.75, 3.05) is 20.3 Å². The van der Waals surface area contributed by atoms with Gasteiger partial charge < -0.3 is 19.9 Å². The van der Waals surface area contributed by atoms with Gasteiger partial charge in [0, 0.05) is 16.1 Å². The highest BCUT2D eigenvalue weighted by molar-refractivity contribution is 6.30. The molecule has 0 radical (unpaired) electrons. The van der Waals surface area contributed by atoms with Crippen molar-refractivity contribution in [2.45, 2.75) is 13.3 Å². The summed E-state index contributed by atoms with van der Waals surface area (Å²) in [6.07, 6.45) is 2.21. The quantitative estimate of drug-likeness (QED) is 0.454. The van der Waals surface area contributed by atoms with E-state index in [4.69, 9.17) is 31.5 Å². The molecule has 0 heterocycles. The van der Waals surface area contributed by atoms with Gasteiger partial charge in [0.15, 0.2) is 18.1 Å². The standard InChI is InChI=1S/C20H22ClN3O5/c1-3-8-28-17-6-4-13(10-18(17)27-2)20(26)24-23-11-14-9-15(21)5-7-16(14)29-12-19(22)25/h4-7,9-11H,3,8,12H2,1-2H3,(H2,22,25)(H,24,26)/b23-11+. The maximum Gasteiger partial charge on any atom is 0.271 e. The zero-order valence-electron chi connectivity index (χ0n) is 16.1. The summed E-state index contributed by atoms with van der Waals surface area (Å²) in [5.74, 6) is 0.307. The molecule has 0 saturated heterocycles. The van der Waals surface area contributed by atoms with Crippen LogP contribution in [0.5, 0.6) is 17.2 Å². The fraction of sp³-hybridized carbons (Fsp3) is 0.250. The molecule has 29 heavy (non-hydrogen) atoms. The third kappa shape index (κ3) is 6.69. The number of carbonyl (C=O) groups is 2. The first-order valence-corrected chi connectivity index (χ1v) is 9.17. The first kappa shape index (κ1) is 22.0. The van der Waals surface area contributed by atoms with E-state index in [9.17, 15) is 9.59 Å². The number of carbonyl (C=O) groups excluding carboxylic acids is 2. The Morgan fingerprint density at radius 1 is 1.14 bits per heavy atom. The van der Waals surface area contributed by atoms with E-state index in [1.807, 2.05) is 6.92 Å². The van der Waals surface area contributed by atoms with Crippen LogP contribution in [0.4, 0.5) is 0 Å². The molecule has 0 unspecified atom stereocenters. The summed E-state index contributed by atoms with van der Waals surface area (Å²) < 4.78 is 16.1. The van der Waals surface area contributed by atoms with Gasteiger partial charge in [-0.15, -0.1) is 0 Å². The Morgan fingerprint density at radius 3 is 2.59 bits per heavy atom. The fourth-order valence-electron chi connectivity index (χ4n) is 2.27. The Hall–Kier alpha value is -3.26. The van der Waals surface area contributed by atoms with E-state index in [1.54, 1.807) is 36.4 Å². The Balaban J connectivity index is 2.09. The summed E-state index contributed by atoms with van der Waals surface area (Å²) in [4.78, 5) is 23.3. The Bertz CT molecular complexity index is 902. The lowest BCUT2D eigenvalue weighted by atomic mass is 10.2. The molecule has 0 bridgehead atoms. The second-order valence-corrected chi connectivity index (χ2v) is 6.29. The number of halogens is 1. The zero-order chi connectivity index (χ0) is 21.2. The minimum absolute atomic E-state index is 0.291. The average Bonchev–Trinajstić information content (AvgIpc) is 2.71. The van der Waals surface area contributed by atoms with Crippen molar-refractivity contribution in [3.8, 4) is 17.2 Å². The molecular weight excluding hydrogens is 398 g/mol. The molecule has 0 aromatic heterocycles. The first-order valence-electron chi connectivity index (χ1n) is 8.79. The third-order valence-electron chi connectivity index (χ3n) is 3.60. The highest BCUT2D eigenvalue weighted by Gasteiger charge is 2.11. The smallest absolute Gasteiger partial charge is 0.271 e. The van der Waals surface area contributed by atoms with E-state index in [2.05, 4.69) is 10.5 Å². The minimum atomic E-state index is -0.614. The molecule has 0 saturated carbocycles. The van der Waals surface area contributed by atoms with Crippen LogP contribution in [0.2, 0.25) is 5.02 Å². The molecule has 154 valence electrons. The predicted octanol–water partition coefficient (Wildman–Crippen LogP) is 2.77. The number of hydrogen-bond acceptors (Lipinski definition) is 6. The number of rotatable bonds is 10. The molecule has 0 spiro atoms. The van der Waals surface area contributed by atoms with Gasteiger partial charge in [0.25, 0.3) is 11.8 Å². The lowest BCUT2D eigenvalue weighted by molar-refractivity contribution is -0.119. The summed E-state index contributed by atoms with van der Waals surface area (Å²) in [6, 6.07) is 9.60. The Morgan fingerprint density at radius 2 is 1.90 bits per heavy atom. The van der Waals surface area contributed by atoms with Crippen LogP contribution in [0.15, 0.2) is 41.5 Å². The van der Waals surface area contributed by atoms with E-state index < -0.39 is 11.8 Å². The highest BCUT2D eigenvalue weighted by Crippen LogP contribution is 2.28. The molecular formula is C20H22ClN3O5. The molecule has 8 nitrogen and oxygen atoms in total. The van der Waals surface area contributed by atoms with Crippen LogP contribution >= 0.6 is 11.6 Å². The molecule has 0 aliphatic heterocycles. The number of nitrogens with one attached hydrogen (secondary N) is 1. The minimum Gasteiger partial charge on any atom is -0.493 e. The molecule has 0 atom stereocenters. The van der Waals surface area contributed by atoms with Crippen LogP contribution in [0.3, 0.4) is 0 Å². The van der Waals surface area contributed by atoms with Crippen molar-refractivity contribution in [3.63, 3.8) is 0 Å². The van der Waals surface area contributed by atoms with E-state index in [0.29, 0.717) is 40.0 Å². The Labute approximate surface area is 173 Å². The van der Waals surface area contributed by atoms with Crippen molar-refractivity contribution in [1.29, 1.82) is 0 Å². The van der Waals surface area contributed by atoms with Crippen LogP contribution in [-0.2, 0) is 4.79 Å². The van der Waals surface area contributed by atoms with Gasteiger partial charge in [-0.2, -0.15) is 5.10 Å². The summed E-state index contributed by atoms with van der Waals surface area (Å²) >= 11 is 5.98.